The van der Waals surface area contributed by atoms with Crippen LogP contribution in [0.3, 0.4) is 0 Å². The monoisotopic (exact) mass is 270 g/mol. The van der Waals surface area contributed by atoms with Gasteiger partial charge in [-0.15, -0.1) is 0 Å². The normalized spacial score (nSPS) is 12.0. The predicted molar refractivity (Wildman–Crippen MR) is 73.9 cm³/mol. The molecule has 102 valence electrons. The van der Waals surface area contributed by atoms with Crippen LogP contribution in [0.15, 0.2) is 29.2 Å². The van der Waals surface area contributed by atoms with E-state index in [-0.39, 0.29) is 0 Å². The topological polar surface area (TPSA) is 49.4 Å². The molecule has 1 aromatic carbocycles. The Morgan fingerprint density at radius 2 is 1.61 bits per heavy atom. The first-order chi connectivity index (χ1) is 8.56. The van der Waals surface area contributed by atoms with Gasteiger partial charge in [0.05, 0.1) is 4.90 Å². The summed E-state index contributed by atoms with van der Waals surface area (Å²) in [5, 5.41) is 3.21. The van der Waals surface area contributed by atoms with Crippen LogP contribution in [-0.4, -0.2) is 32.4 Å². The number of benzene rings is 1. The van der Waals surface area contributed by atoms with Crippen molar-refractivity contribution in [2.24, 2.45) is 0 Å². The van der Waals surface area contributed by atoms with E-state index in [1.54, 1.807) is 12.1 Å². The van der Waals surface area contributed by atoms with Gasteiger partial charge in [0.1, 0.15) is 0 Å². The molecule has 1 aromatic rings. The highest BCUT2D eigenvalue weighted by Crippen LogP contribution is 2.16. The van der Waals surface area contributed by atoms with Crippen molar-refractivity contribution < 1.29 is 8.42 Å². The SMILES string of the molecule is CCNCc1ccc(S(=O)(=O)N(CC)CC)cc1. The Balaban J connectivity index is 2.90. The average molecular weight is 270 g/mol. The fourth-order valence-electron chi connectivity index (χ4n) is 1.76. The largest absolute Gasteiger partial charge is 0.313 e. The van der Waals surface area contributed by atoms with Crippen molar-refractivity contribution in [2.75, 3.05) is 19.6 Å². The Morgan fingerprint density at radius 1 is 1.06 bits per heavy atom. The highest BCUT2D eigenvalue weighted by molar-refractivity contribution is 7.89. The molecule has 1 rings (SSSR count). The molecule has 1 N–H and O–H groups in total. The van der Waals surface area contributed by atoms with Crippen molar-refractivity contribution in [2.45, 2.75) is 32.2 Å². The summed E-state index contributed by atoms with van der Waals surface area (Å²) in [6.45, 7) is 8.40. The lowest BCUT2D eigenvalue weighted by molar-refractivity contribution is 0.445. The molecule has 5 heteroatoms. The fourth-order valence-corrected chi connectivity index (χ4v) is 3.22. The number of nitrogens with one attached hydrogen (secondary N) is 1. The Bertz CT molecular complexity index is 450. The maximum atomic E-state index is 12.2. The average Bonchev–Trinajstić information content (AvgIpc) is 2.38. The Morgan fingerprint density at radius 3 is 2.06 bits per heavy atom. The maximum Gasteiger partial charge on any atom is 0.243 e. The Hall–Kier alpha value is -0.910. The van der Waals surface area contributed by atoms with E-state index in [2.05, 4.69) is 5.32 Å². The van der Waals surface area contributed by atoms with Crippen LogP contribution in [0.4, 0.5) is 0 Å². The summed E-state index contributed by atoms with van der Waals surface area (Å²) >= 11 is 0. The predicted octanol–water partition coefficient (Wildman–Crippen LogP) is 1.83. The number of hydrogen-bond donors (Lipinski definition) is 1. The third kappa shape index (κ3) is 3.54. The Labute approximate surface area is 110 Å². The summed E-state index contributed by atoms with van der Waals surface area (Å²) < 4.78 is 25.9. The number of nitrogens with zero attached hydrogens (tertiary/aromatic N) is 1. The quantitative estimate of drug-likeness (QED) is 0.822. The summed E-state index contributed by atoms with van der Waals surface area (Å²) in [6, 6.07) is 7.08. The maximum absolute atomic E-state index is 12.2. The first-order valence-electron chi connectivity index (χ1n) is 6.36. The van der Waals surface area contributed by atoms with Gasteiger partial charge in [0.15, 0.2) is 0 Å². The molecular formula is C13H22N2O2S. The van der Waals surface area contributed by atoms with Gasteiger partial charge in [0, 0.05) is 19.6 Å². The zero-order chi connectivity index (χ0) is 13.6. The van der Waals surface area contributed by atoms with Crippen LogP contribution in [0.5, 0.6) is 0 Å². The lowest BCUT2D eigenvalue weighted by atomic mass is 10.2. The molecule has 0 heterocycles. The number of hydrogen-bond acceptors (Lipinski definition) is 3. The van der Waals surface area contributed by atoms with E-state index in [1.165, 1.54) is 4.31 Å². The standard InChI is InChI=1S/C13H22N2O2S/c1-4-14-11-12-7-9-13(10-8-12)18(16,17)15(5-2)6-3/h7-10,14H,4-6,11H2,1-3H3. The second-order valence-corrected chi connectivity index (χ2v) is 5.95. The van der Waals surface area contributed by atoms with Gasteiger partial charge in [-0.1, -0.05) is 32.9 Å². The van der Waals surface area contributed by atoms with Gasteiger partial charge in [-0.05, 0) is 24.2 Å². The first kappa shape index (κ1) is 15.1. The zero-order valence-electron chi connectivity index (χ0n) is 11.3. The van der Waals surface area contributed by atoms with Gasteiger partial charge < -0.3 is 5.32 Å². The summed E-state index contributed by atoms with van der Waals surface area (Å²) in [4.78, 5) is 0.367. The van der Waals surface area contributed by atoms with Crippen LogP contribution in [0.2, 0.25) is 0 Å². The van der Waals surface area contributed by atoms with Gasteiger partial charge >= 0.3 is 0 Å². The van der Waals surface area contributed by atoms with Gasteiger partial charge in [0.25, 0.3) is 0 Å². The van der Waals surface area contributed by atoms with E-state index in [1.807, 2.05) is 32.9 Å². The molecule has 0 aliphatic carbocycles. The summed E-state index contributed by atoms with van der Waals surface area (Å²) in [5.74, 6) is 0. The molecule has 0 amide bonds. The molecule has 0 radical (unpaired) electrons. The van der Waals surface area contributed by atoms with Crippen molar-refractivity contribution in [1.82, 2.24) is 9.62 Å². The van der Waals surface area contributed by atoms with Crippen LogP contribution in [-0.2, 0) is 16.6 Å². The van der Waals surface area contributed by atoms with Gasteiger partial charge in [-0.25, -0.2) is 8.42 Å². The molecule has 4 nitrogen and oxygen atoms in total. The van der Waals surface area contributed by atoms with E-state index in [0.717, 1.165) is 18.7 Å². The molecular weight excluding hydrogens is 248 g/mol. The third-order valence-electron chi connectivity index (χ3n) is 2.85. The molecule has 0 spiro atoms. The minimum Gasteiger partial charge on any atom is -0.313 e. The van der Waals surface area contributed by atoms with E-state index in [0.29, 0.717) is 18.0 Å². The van der Waals surface area contributed by atoms with Crippen molar-refractivity contribution in [1.29, 1.82) is 0 Å². The van der Waals surface area contributed by atoms with Gasteiger partial charge in [-0.3, -0.25) is 0 Å². The van der Waals surface area contributed by atoms with Crippen LogP contribution in [0.25, 0.3) is 0 Å². The molecule has 0 aromatic heterocycles. The van der Waals surface area contributed by atoms with Crippen molar-refractivity contribution >= 4 is 10.0 Å². The van der Waals surface area contributed by atoms with Gasteiger partial charge in [-0.2, -0.15) is 4.31 Å². The Kier molecular flexibility index (Phi) is 5.78. The molecule has 0 aliphatic rings. The van der Waals surface area contributed by atoms with Crippen LogP contribution >= 0.6 is 0 Å². The van der Waals surface area contributed by atoms with E-state index < -0.39 is 10.0 Å². The molecule has 0 aliphatic heterocycles. The van der Waals surface area contributed by atoms with Crippen molar-refractivity contribution in [3.8, 4) is 0 Å². The lowest BCUT2D eigenvalue weighted by Crippen LogP contribution is -2.30. The van der Waals surface area contributed by atoms with E-state index >= 15 is 0 Å². The first-order valence-corrected chi connectivity index (χ1v) is 7.80. The highest BCUT2D eigenvalue weighted by Gasteiger charge is 2.20. The molecule has 0 atom stereocenters. The van der Waals surface area contributed by atoms with Gasteiger partial charge in [0.2, 0.25) is 10.0 Å². The third-order valence-corrected chi connectivity index (χ3v) is 4.91. The number of rotatable bonds is 7. The van der Waals surface area contributed by atoms with Crippen molar-refractivity contribution in [3.05, 3.63) is 29.8 Å². The second kappa shape index (κ2) is 6.87. The zero-order valence-corrected chi connectivity index (χ0v) is 12.1. The van der Waals surface area contributed by atoms with Crippen LogP contribution < -0.4 is 5.32 Å². The minimum absolute atomic E-state index is 0.367. The van der Waals surface area contributed by atoms with Crippen LogP contribution in [0, 0.1) is 0 Å². The van der Waals surface area contributed by atoms with Crippen molar-refractivity contribution in [3.63, 3.8) is 0 Å². The summed E-state index contributed by atoms with van der Waals surface area (Å²) in [7, 11) is -3.33. The second-order valence-electron chi connectivity index (χ2n) is 4.01. The fraction of sp³-hybridized carbons (Fsp3) is 0.538. The molecule has 0 saturated heterocycles. The van der Waals surface area contributed by atoms with E-state index in [9.17, 15) is 8.42 Å². The van der Waals surface area contributed by atoms with E-state index in [4.69, 9.17) is 0 Å². The molecule has 0 bridgehead atoms. The summed E-state index contributed by atoms with van der Waals surface area (Å²) in [5.41, 5.74) is 1.09. The summed E-state index contributed by atoms with van der Waals surface area (Å²) in [6.07, 6.45) is 0. The molecule has 18 heavy (non-hydrogen) atoms. The molecule has 0 saturated carbocycles. The highest BCUT2D eigenvalue weighted by atomic mass is 32.2. The number of sulfonamides is 1. The smallest absolute Gasteiger partial charge is 0.243 e. The molecule has 0 fully saturated rings. The lowest BCUT2D eigenvalue weighted by Gasteiger charge is -2.18. The minimum atomic E-state index is -3.33. The molecule has 0 unspecified atom stereocenters. The van der Waals surface area contributed by atoms with Crippen LogP contribution in [0.1, 0.15) is 26.3 Å².